The molecule has 0 aliphatic carbocycles. The zero-order chi connectivity index (χ0) is 18.5. The second kappa shape index (κ2) is 7.57. The second-order valence-corrected chi connectivity index (χ2v) is 5.33. The zero-order valence-electron chi connectivity index (χ0n) is 14.3. The Bertz CT molecular complexity index is 862. The van der Waals surface area contributed by atoms with Crippen molar-refractivity contribution in [3.8, 4) is 22.5 Å². The third-order valence-corrected chi connectivity index (χ3v) is 3.75. The minimum atomic E-state index is -0.755. The topological polar surface area (TPSA) is 78.4 Å². The van der Waals surface area contributed by atoms with Gasteiger partial charge < -0.3 is 9.47 Å². The van der Waals surface area contributed by atoms with Crippen LogP contribution in [0.5, 0.6) is 0 Å². The first-order valence-electron chi connectivity index (χ1n) is 7.85. The molecule has 0 atom stereocenters. The highest BCUT2D eigenvalue weighted by Gasteiger charge is 2.26. The van der Waals surface area contributed by atoms with Crippen LogP contribution in [0.1, 0.15) is 21.0 Å². The summed E-state index contributed by atoms with van der Waals surface area (Å²) >= 11 is 0. The summed E-state index contributed by atoms with van der Waals surface area (Å²) in [4.78, 5) is 33.1. The average molecular weight is 348 g/mol. The van der Waals surface area contributed by atoms with Gasteiger partial charge in [0.1, 0.15) is 0 Å². The van der Waals surface area contributed by atoms with E-state index in [4.69, 9.17) is 9.47 Å². The molecule has 0 N–H and O–H groups in total. The molecular weight excluding hydrogens is 332 g/mol. The highest BCUT2D eigenvalue weighted by atomic mass is 16.5. The van der Waals surface area contributed by atoms with Crippen LogP contribution in [0.25, 0.3) is 22.5 Å². The second-order valence-electron chi connectivity index (χ2n) is 5.33. The van der Waals surface area contributed by atoms with Gasteiger partial charge in [-0.05, 0) is 0 Å². The van der Waals surface area contributed by atoms with E-state index in [9.17, 15) is 9.59 Å². The molecule has 26 heavy (non-hydrogen) atoms. The van der Waals surface area contributed by atoms with Crippen molar-refractivity contribution < 1.29 is 19.1 Å². The first-order valence-corrected chi connectivity index (χ1v) is 7.85. The van der Waals surface area contributed by atoms with Gasteiger partial charge in [0, 0.05) is 11.1 Å². The van der Waals surface area contributed by atoms with Crippen LogP contribution in [0, 0.1) is 0 Å². The number of esters is 2. The van der Waals surface area contributed by atoms with Crippen molar-refractivity contribution in [2.45, 2.75) is 0 Å². The highest BCUT2D eigenvalue weighted by Crippen LogP contribution is 2.30. The van der Waals surface area contributed by atoms with E-state index in [-0.39, 0.29) is 11.4 Å². The molecule has 1 heterocycles. The van der Waals surface area contributed by atoms with Crippen LogP contribution in [-0.4, -0.2) is 36.1 Å². The van der Waals surface area contributed by atoms with E-state index in [0.29, 0.717) is 11.4 Å². The molecule has 1 aromatic heterocycles. The summed E-state index contributed by atoms with van der Waals surface area (Å²) in [5, 5.41) is 0. The Balaban J connectivity index is 2.34. The van der Waals surface area contributed by atoms with Crippen molar-refractivity contribution in [1.82, 2.24) is 9.97 Å². The molecule has 0 saturated heterocycles. The molecule has 0 amide bonds. The largest absolute Gasteiger partial charge is 0.464 e. The summed E-state index contributed by atoms with van der Waals surface area (Å²) in [5.74, 6) is -1.51. The molecule has 0 bridgehead atoms. The molecule has 0 fully saturated rings. The predicted octanol–water partition coefficient (Wildman–Crippen LogP) is 3.38. The van der Waals surface area contributed by atoms with Crippen LogP contribution in [0.3, 0.4) is 0 Å². The van der Waals surface area contributed by atoms with Crippen molar-refractivity contribution in [3.63, 3.8) is 0 Å². The van der Waals surface area contributed by atoms with E-state index in [2.05, 4.69) is 9.97 Å². The van der Waals surface area contributed by atoms with Gasteiger partial charge in [0.15, 0.2) is 11.4 Å². The third-order valence-electron chi connectivity index (χ3n) is 3.75. The lowest BCUT2D eigenvalue weighted by Crippen LogP contribution is -2.17. The lowest BCUT2D eigenvalue weighted by Gasteiger charge is -2.13. The fourth-order valence-corrected chi connectivity index (χ4v) is 2.51. The van der Waals surface area contributed by atoms with Gasteiger partial charge in [0.05, 0.1) is 25.6 Å². The maximum Gasteiger partial charge on any atom is 0.359 e. The number of hydrogen-bond acceptors (Lipinski definition) is 6. The quantitative estimate of drug-likeness (QED) is 0.673. The van der Waals surface area contributed by atoms with Gasteiger partial charge in [0.25, 0.3) is 0 Å². The molecule has 0 spiro atoms. The first-order chi connectivity index (χ1) is 12.7. The molecule has 0 unspecified atom stereocenters. The normalized spacial score (nSPS) is 10.2. The average Bonchev–Trinajstić information content (AvgIpc) is 2.73. The summed E-state index contributed by atoms with van der Waals surface area (Å²) in [7, 11) is 2.44. The van der Waals surface area contributed by atoms with Crippen molar-refractivity contribution in [2.24, 2.45) is 0 Å². The maximum absolute atomic E-state index is 12.2. The first kappa shape index (κ1) is 17.3. The molecule has 0 saturated carbocycles. The summed E-state index contributed by atoms with van der Waals surface area (Å²) < 4.78 is 9.52. The summed E-state index contributed by atoms with van der Waals surface area (Å²) in [6.07, 6.45) is 0. The van der Waals surface area contributed by atoms with Crippen LogP contribution >= 0.6 is 0 Å². The minimum absolute atomic E-state index is 0.183. The number of benzene rings is 2. The number of aromatic nitrogens is 2. The lowest BCUT2D eigenvalue weighted by molar-refractivity contribution is 0.0544. The minimum Gasteiger partial charge on any atom is -0.464 e. The number of hydrogen-bond donors (Lipinski definition) is 0. The van der Waals surface area contributed by atoms with E-state index in [1.165, 1.54) is 14.2 Å². The van der Waals surface area contributed by atoms with Crippen LogP contribution < -0.4 is 0 Å². The molecule has 0 radical (unpaired) electrons. The fraction of sp³-hybridized carbons (Fsp3) is 0.100. The molecule has 3 rings (SSSR count). The van der Waals surface area contributed by atoms with Crippen LogP contribution in [0.2, 0.25) is 0 Å². The maximum atomic E-state index is 12.2. The fourth-order valence-electron chi connectivity index (χ4n) is 2.51. The van der Waals surface area contributed by atoms with Crippen molar-refractivity contribution >= 4 is 11.9 Å². The Morgan fingerprint density at radius 1 is 0.654 bits per heavy atom. The SMILES string of the molecule is COC(=O)c1nc(-c2ccccc2)c(-c2ccccc2)nc1C(=O)OC. The summed E-state index contributed by atoms with van der Waals surface area (Å²) in [6.45, 7) is 0. The van der Waals surface area contributed by atoms with Gasteiger partial charge in [-0.2, -0.15) is 0 Å². The molecular formula is C20H16N2O4. The number of methoxy groups -OCH3 is 2. The van der Waals surface area contributed by atoms with E-state index in [1.54, 1.807) is 0 Å². The summed E-state index contributed by atoms with van der Waals surface area (Å²) in [5.41, 5.74) is 2.12. The zero-order valence-corrected chi connectivity index (χ0v) is 14.3. The van der Waals surface area contributed by atoms with E-state index >= 15 is 0 Å². The molecule has 6 nitrogen and oxygen atoms in total. The van der Waals surface area contributed by atoms with Gasteiger partial charge in [-0.15, -0.1) is 0 Å². The van der Waals surface area contributed by atoms with Gasteiger partial charge in [0.2, 0.25) is 0 Å². The monoisotopic (exact) mass is 348 g/mol. The van der Waals surface area contributed by atoms with Gasteiger partial charge in [-0.25, -0.2) is 19.6 Å². The number of ether oxygens (including phenoxy) is 2. The molecule has 3 aromatic rings. The summed E-state index contributed by atoms with van der Waals surface area (Å²) in [6, 6.07) is 18.6. The van der Waals surface area contributed by atoms with E-state index in [1.807, 2.05) is 60.7 Å². The van der Waals surface area contributed by atoms with Crippen LogP contribution in [0.4, 0.5) is 0 Å². The predicted molar refractivity (Wildman–Crippen MR) is 95.6 cm³/mol. The molecule has 0 aliphatic heterocycles. The standard InChI is InChI=1S/C20H16N2O4/c1-25-19(23)17-18(20(24)26-2)22-16(14-11-7-4-8-12-14)15(21-17)13-9-5-3-6-10-13/h3-12H,1-2H3. The van der Waals surface area contributed by atoms with Crippen molar-refractivity contribution in [2.75, 3.05) is 14.2 Å². The molecule has 6 heteroatoms. The molecule has 2 aromatic carbocycles. The third kappa shape index (κ3) is 3.30. The van der Waals surface area contributed by atoms with Gasteiger partial charge in [-0.1, -0.05) is 60.7 Å². The molecule has 0 aliphatic rings. The Morgan fingerprint density at radius 2 is 1.00 bits per heavy atom. The number of nitrogens with zero attached hydrogens (tertiary/aromatic N) is 2. The Labute approximate surface area is 150 Å². The van der Waals surface area contributed by atoms with Gasteiger partial charge in [-0.3, -0.25) is 0 Å². The van der Waals surface area contributed by atoms with Crippen LogP contribution in [0.15, 0.2) is 60.7 Å². The number of rotatable bonds is 4. The number of carbonyl (C=O) groups excluding carboxylic acids is 2. The Morgan fingerprint density at radius 3 is 1.31 bits per heavy atom. The highest BCUT2D eigenvalue weighted by molar-refractivity contribution is 6.01. The smallest absolute Gasteiger partial charge is 0.359 e. The lowest BCUT2D eigenvalue weighted by atomic mass is 10.0. The number of carbonyl (C=O) groups is 2. The van der Waals surface area contributed by atoms with E-state index < -0.39 is 11.9 Å². The Hall–Kier alpha value is -3.54. The molecule has 130 valence electrons. The van der Waals surface area contributed by atoms with Crippen LogP contribution in [-0.2, 0) is 9.47 Å². The van der Waals surface area contributed by atoms with Crippen molar-refractivity contribution in [3.05, 3.63) is 72.1 Å². The van der Waals surface area contributed by atoms with Gasteiger partial charge >= 0.3 is 11.9 Å². The van der Waals surface area contributed by atoms with Crippen molar-refractivity contribution in [1.29, 1.82) is 0 Å². The Kier molecular flexibility index (Phi) is 5.03. The van der Waals surface area contributed by atoms with E-state index in [0.717, 1.165) is 11.1 Å².